The Balaban J connectivity index is 1.85. The van der Waals surface area contributed by atoms with E-state index in [1.807, 2.05) is 0 Å². The molecular weight excluding hydrogens is 245 g/mol. The summed E-state index contributed by atoms with van der Waals surface area (Å²) in [6.45, 7) is 0.889. The number of anilines is 1. The maximum absolute atomic E-state index is 6.14. The van der Waals surface area contributed by atoms with Gasteiger partial charge in [-0.3, -0.25) is 0 Å². The van der Waals surface area contributed by atoms with Crippen molar-refractivity contribution >= 4 is 29.0 Å². The van der Waals surface area contributed by atoms with E-state index in [-0.39, 0.29) is 0 Å². The predicted molar refractivity (Wildman–Crippen MR) is 67.1 cm³/mol. The molecule has 1 aliphatic carbocycles. The molecule has 1 heterocycles. The molecule has 1 N–H and O–H groups in total. The third-order valence-corrected chi connectivity index (χ3v) is 3.62. The summed E-state index contributed by atoms with van der Waals surface area (Å²) in [7, 11) is 0. The number of rotatable bonds is 3. The minimum atomic E-state index is 0.335. The highest BCUT2D eigenvalue weighted by Crippen LogP contribution is 2.28. The Labute approximate surface area is 106 Å². The largest absolute Gasteiger partial charge is 0.368 e. The summed E-state index contributed by atoms with van der Waals surface area (Å²) in [6, 6.07) is 0. The van der Waals surface area contributed by atoms with Crippen LogP contribution in [0.5, 0.6) is 0 Å². The molecule has 1 aliphatic rings. The fourth-order valence-corrected chi connectivity index (χ4v) is 2.67. The van der Waals surface area contributed by atoms with E-state index >= 15 is 0 Å². The minimum Gasteiger partial charge on any atom is -0.368 e. The van der Waals surface area contributed by atoms with Crippen molar-refractivity contribution in [1.82, 2.24) is 9.97 Å². The highest BCUT2D eigenvalue weighted by atomic mass is 35.5. The van der Waals surface area contributed by atoms with Crippen molar-refractivity contribution in [2.75, 3.05) is 11.9 Å². The standard InChI is InChI=1S/C11H15Cl2N3/c12-9-3-1-2-8(4-9)5-15-11-10(13)6-14-7-16-11/h6-9H,1-5H2,(H,14,15,16). The second-order valence-corrected chi connectivity index (χ2v) is 5.25. The van der Waals surface area contributed by atoms with Crippen molar-refractivity contribution in [1.29, 1.82) is 0 Å². The van der Waals surface area contributed by atoms with Gasteiger partial charge in [0, 0.05) is 11.9 Å². The molecule has 1 aromatic rings. The maximum Gasteiger partial charge on any atom is 0.148 e. The number of nitrogens with one attached hydrogen (secondary N) is 1. The fraction of sp³-hybridized carbons (Fsp3) is 0.636. The summed E-state index contributed by atoms with van der Waals surface area (Å²) in [5.74, 6) is 1.34. The number of halogens is 2. The molecule has 1 aromatic heterocycles. The number of hydrogen-bond donors (Lipinski definition) is 1. The molecule has 0 radical (unpaired) electrons. The Kier molecular flexibility index (Phi) is 4.24. The zero-order valence-corrected chi connectivity index (χ0v) is 10.5. The van der Waals surface area contributed by atoms with Gasteiger partial charge in [0.15, 0.2) is 0 Å². The monoisotopic (exact) mass is 259 g/mol. The van der Waals surface area contributed by atoms with Gasteiger partial charge in [-0.05, 0) is 25.2 Å². The van der Waals surface area contributed by atoms with E-state index in [1.54, 1.807) is 6.20 Å². The highest BCUT2D eigenvalue weighted by Gasteiger charge is 2.20. The highest BCUT2D eigenvalue weighted by molar-refractivity contribution is 6.32. The van der Waals surface area contributed by atoms with Gasteiger partial charge in [-0.2, -0.15) is 0 Å². The molecule has 0 bridgehead atoms. The molecule has 88 valence electrons. The van der Waals surface area contributed by atoms with Gasteiger partial charge >= 0.3 is 0 Å². The Bertz CT molecular complexity index is 346. The second kappa shape index (κ2) is 5.69. The average molecular weight is 260 g/mol. The molecule has 0 saturated heterocycles. The van der Waals surface area contributed by atoms with E-state index in [0.717, 1.165) is 19.4 Å². The van der Waals surface area contributed by atoms with Crippen LogP contribution in [0, 0.1) is 5.92 Å². The zero-order chi connectivity index (χ0) is 11.4. The van der Waals surface area contributed by atoms with Gasteiger partial charge in [0.1, 0.15) is 17.2 Å². The lowest BCUT2D eigenvalue weighted by atomic mass is 9.89. The lowest BCUT2D eigenvalue weighted by Gasteiger charge is -2.25. The molecule has 2 atom stereocenters. The van der Waals surface area contributed by atoms with E-state index < -0.39 is 0 Å². The van der Waals surface area contributed by atoms with Crippen LogP contribution in [0.4, 0.5) is 5.82 Å². The molecule has 3 nitrogen and oxygen atoms in total. The van der Waals surface area contributed by atoms with Crippen LogP contribution < -0.4 is 5.32 Å². The van der Waals surface area contributed by atoms with Crippen molar-refractivity contribution in [2.45, 2.75) is 31.1 Å². The third kappa shape index (κ3) is 3.22. The van der Waals surface area contributed by atoms with Crippen molar-refractivity contribution in [3.63, 3.8) is 0 Å². The summed E-state index contributed by atoms with van der Waals surface area (Å²) in [4.78, 5) is 7.94. The first kappa shape index (κ1) is 11.9. The van der Waals surface area contributed by atoms with Crippen LogP contribution >= 0.6 is 23.2 Å². The Morgan fingerprint density at radius 2 is 2.31 bits per heavy atom. The van der Waals surface area contributed by atoms with Crippen molar-refractivity contribution < 1.29 is 0 Å². The third-order valence-electron chi connectivity index (χ3n) is 2.94. The number of hydrogen-bond acceptors (Lipinski definition) is 3. The normalized spacial score (nSPS) is 25.4. The summed E-state index contributed by atoms with van der Waals surface area (Å²) >= 11 is 12.1. The average Bonchev–Trinajstić information content (AvgIpc) is 2.28. The maximum atomic E-state index is 6.14. The van der Waals surface area contributed by atoms with Crippen molar-refractivity contribution in [2.24, 2.45) is 5.92 Å². The van der Waals surface area contributed by atoms with Crippen LogP contribution in [0.2, 0.25) is 5.02 Å². The van der Waals surface area contributed by atoms with Gasteiger partial charge in [0.05, 0.1) is 6.20 Å². The Hall–Kier alpha value is -0.540. The number of alkyl halides is 1. The van der Waals surface area contributed by atoms with Gasteiger partial charge in [0.25, 0.3) is 0 Å². The first-order chi connectivity index (χ1) is 7.75. The zero-order valence-electron chi connectivity index (χ0n) is 9.00. The lowest BCUT2D eigenvalue weighted by molar-refractivity contribution is 0.378. The quantitative estimate of drug-likeness (QED) is 0.847. The van der Waals surface area contributed by atoms with Gasteiger partial charge in [-0.1, -0.05) is 18.0 Å². The Morgan fingerprint density at radius 1 is 1.44 bits per heavy atom. The topological polar surface area (TPSA) is 37.8 Å². The molecule has 2 unspecified atom stereocenters. The molecule has 2 rings (SSSR count). The molecule has 0 aliphatic heterocycles. The first-order valence-corrected chi connectivity index (χ1v) is 6.40. The first-order valence-electron chi connectivity index (χ1n) is 5.59. The van der Waals surface area contributed by atoms with Crippen LogP contribution in [0.15, 0.2) is 12.5 Å². The Morgan fingerprint density at radius 3 is 3.06 bits per heavy atom. The molecule has 0 aromatic carbocycles. The summed E-state index contributed by atoms with van der Waals surface area (Å²) < 4.78 is 0. The molecule has 16 heavy (non-hydrogen) atoms. The smallest absolute Gasteiger partial charge is 0.148 e. The van der Waals surface area contributed by atoms with Crippen LogP contribution in [0.1, 0.15) is 25.7 Å². The van der Waals surface area contributed by atoms with Crippen LogP contribution in [-0.2, 0) is 0 Å². The minimum absolute atomic E-state index is 0.335. The van der Waals surface area contributed by atoms with E-state index in [2.05, 4.69) is 15.3 Å². The summed E-state index contributed by atoms with van der Waals surface area (Å²) in [5, 5.41) is 4.17. The summed E-state index contributed by atoms with van der Waals surface area (Å²) in [6.07, 6.45) is 7.78. The molecule has 0 spiro atoms. The number of nitrogens with zero attached hydrogens (tertiary/aromatic N) is 2. The van der Waals surface area contributed by atoms with Gasteiger partial charge in [-0.15, -0.1) is 11.6 Å². The van der Waals surface area contributed by atoms with Crippen molar-refractivity contribution in [3.8, 4) is 0 Å². The molecule has 1 saturated carbocycles. The van der Waals surface area contributed by atoms with Crippen molar-refractivity contribution in [3.05, 3.63) is 17.5 Å². The van der Waals surface area contributed by atoms with E-state index in [0.29, 0.717) is 22.1 Å². The van der Waals surface area contributed by atoms with Gasteiger partial charge in [-0.25, -0.2) is 9.97 Å². The van der Waals surface area contributed by atoms with Gasteiger partial charge < -0.3 is 5.32 Å². The molecule has 0 amide bonds. The van der Waals surface area contributed by atoms with E-state index in [9.17, 15) is 0 Å². The molecular formula is C11H15Cl2N3. The van der Waals surface area contributed by atoms with E-state index in [4.69, 9.17) is 23.2 Å². The second-order valence-electron chi connectivity index (χ2n) is 4.23. The van der Waals surface area contributed by atoms with Crippen LogP contribution in [0.3, 0.4) is 0 Å². The van der Waals surface area contributed by atoms with Crippen LogP contribution in [-0.4, -0.2) is 21.9 Å². The molecule has 1 fully saturated rings. The number of aromatic nitrogens is 2. The van der Waals surface area contributed by atoms with E-state index in [1.165, 1.54) is 19.2 Å². The lowest BCUT2D eigenvalue weighted by Crippen LogP contribution is -2.22. The molecule has 5 heteroatoms. The SMILES string of the molecule is Clc1cncnc1NCC1CCCC(Cl)C1. The predicted octanol–water partition coefficient (Wildman–Crippen LogP) is 3.34. The fourth-order valence-electron chi connectivity index (χ4n) is 2.09. The van der Waals surface area contributed by atoms with Gasteiger partial charge in [0.2, 0.25) is 0 Å². The van der Waals surface area contributed by atoms with Crippen LogP contribution in [0.25, 0.3) is 0 Å². The summed E-state index contributed by atoms with van der Waals surface area (Å²) in [5.41, 5.74) is 0.